The minimum atomic E-state index is -0.539. The van der Waals surface area contributed by atoms with Crippen molar-refractivity contribution in [3.05, 3.63) is 0 Å². The molecule has 0 atom stereocenters. The molecule has 0 aromatic carbocycles. The number of hydrogen-bond donors (Lipinski definition) is 0. The molecule has 0 spiro atoms. The number of carbonyl (C=O) groups excluding carboxylic acids is 1. The highest BCUT2D eigenvalue weighted by Crippen LogP contribution is 2.12. The van der Waals surface area contributed by atoms with Gasteiger partial charge in [0, 0.05) is 11.1 Å². The summed E-state index contributed by atoms with van der Waals surface area (Å²) in [5.41, 5.74) is 0.363. The van der Waals surface area contributed by atoms with Crippen LogP contribution in [0.2, 0.25) is 0 Å². The molecule has 0 aliphatic rings. The van der Waals surface area contributed by atoms with Gasteiger partial charge in [-0.3, -0.25) is 0 Å². The summed E-state index contributed by atoms with van der Waals surface area (Å²) in [6.07, 6.45) is 3.22. The number of rotatable bonds is 10. The van der Waals surface area contributed by atoms with Gasteiger partial charge in [0.05, 0.1) is 13.2 Å². The maximum absolute atomic E-state index is 11.5. The summed E-state index contributed by atoms with van der Waals surface area (Å²) in [7, 11) is 4.23. The highest BCUT2D eigenvalue weighted by atomic mass is 35.5. The molecule has 0 saturated heterocycles. The standard InChI is InChI=1S/C19H40N2O3.2ClH/c1-18(2,3)20(7)13-9-11-15-23-17(22)24-16-12-10-14-21(8)19(4,5)6;;/h9-16H2,1-8H3;2*1H. The highest BCUT2D eigenvalue weighted by Gasteiger charge is 2.16. The van der Waals surface area contributed by atoms with Crippen molar-refractivity contribution >= 4 is 31.0 Å². The first-order chi connectivity index (χ1) is 10.9. The molecule has 160 valence electrons. The molecule has 5 nitrogen and oxygen atoms in total. The van der Waals surface area contributed by atoms with Crippen molar-refractivity contribution in [3.8, 4) is 0 Å². The summed E-state index contributed by atoms with van der Waals surface area (Å²) in [5.74, 6) is 0. The predicted molar refractivity (Wildman–Crippen MR) is 115 cm³/mol. The number of unbranched alkanes of at least 4 members (excludes halogenated alkanes) is 2. The van der Waals surface area contributed by atoms with E-state index in [4.69, 9.17) is 9.47 Å². The molecule has 0 radical (unpaired) electrons. The normalized spacial score (nSPS) is 11.8. The van der Waals surface area contributed by atoms with Gasteiger partial charge in [0.25, 0.3) is 0 Å². The zero-order valence-electron chi connectivity index (χ0n) is 18.1. The van der Waals surface area contributed by atoms with Crippen LogP contribution in [0.5, 0.6) is 0 Å². The zero-order chi connectivity index (χ0) is 18.8. The van der Waals surface area contributed by atoms with Gasteiger partial charge in [-0.05, 0) is 94.4 Å². The Kier molecular flexibility index (Phi) is 17.3. The van der Waals surface area contributed by atoms with Gasteiger partial charge in [0.1, 0.15) is 0 Å². The van der Waals surface area contributed by atoms with E-state index in [-0.39, 0.29) is 35.9 Å². The summed E-state index contributed by atoms with van der Waals surface area (Å²) in [5, 5.41) is 0. The third-order valence-corrected chi connectivity index (χ3v) is 4.51. The molecule has 0 aliphatic carbocycles. The molecule has 0 aromatic rings. The Bertz CT molecular complexity index is 324. The van der Waals surface area contributed by atoms with Gasteiger partial charge >= 0.3 is 6.16 Å². The fourth-order valence-corrected chi connectivity index (χ4v) is 1.93. The second-order valence-electron chi connectivity index (χ2n) is 8.55. The lowest BCUT2D eigenvalue weighted by molar-refractivity contribution is 0.0509. The van der Waals surface area contributed by atoms with Crippen LogP contribution in [0.15, 0.2) is 0 Å². The van der Waals surface area contributed by atoms with Gasteiger partial charge < -0.3 is 19.3 Å². The van der Waals surface area contributed by atoms with Crippen molar-refractivity contribution in [1.82, 2.24) is 9.80 Å². The van der Waals surface area contributed by atoms with Crippen molar-refractivity contribution in [2.24, 2.45) is 0 Å². The molecular formula is C19H42Cl2N2O3. The smallest absolute Gasteiger partial charge is 0.434 e. The average molecular weight is 417 g/mol. The largest absolute Gasteiger partial charge is 0.508 e. The molecule has 0 saturated carbocycles. The number of carbonyl (C=O) groups is 1. The molecule has 7 heteroatoms. The van der Waals surface area contributed by atoms with E-state index in [1.807, 2.05) is 0 Å². The fraction of sp³-hybridized carbons (Fsp3) is 0.947. The third-order valence-electron chi connectivity index (χ3n) is 4.51. The van der Waals surface area contributed by atoms with E-state index in [0.717, 1.165) is 38.8 Å². The summed E-state index contributed by atoms with van der Waals surface area (Å²) >= 11 is 0. The quantitative estimate of drug-likeness (QED) is 0.369. The fourth-order valence-electron chi connectivity index (χ4n) is 1.93. The molecule has 0 rings (SSSR count). The van der Waals surface area contributed by atoms with Crippen molar-refractivity contribution in [2.75, 3.05) is 40.4 Å². The number of ether oxygens (including phenoxy) is 2. The van der Waals surface area contributed by atoms with E-state index in [1.165, 1.54) is 0 Å². The second kappa shape index (κ2) is 14.8. The maximum Gasteiger partial charge on any atom is 0.508 e. The molecule has 0 heterocycles. The van der Waals surface area contributed by atoms with E-state index in [2.05, 4.69) is 65.4 Å². The molecule has 0 bridgehead atoms. The minimum Gasteiger partial charge on any atom is -0.434 e. The Morgan fingerprint density at radius 2 is 1.00 bits per heavy atom. The van der Waals surface area contributed by atoms with Crippen LogP contribution in [0, 0.1) is 0 Å². The van der Waals surface area contributed by atoms with Crippen molar-refractivity contribution < 1.29 is 14.3 Å². The van der Waals surface area contributed by atoms with E-state index in [0.29, 0.717) is 13.2 Å². The van der Waals surface area contributed by atoms with E-state index in [1.54, 1.807) is 0 Å². The minimum absolute atomic E-state index is 0. The summed E-state index contributed by atoms with van der Waals surface area (Å²) in [6.45, 7) is 16.0. The van der Waals surface area contributed by atoms with Crippen LogP contribution in [0.3, 0.4) is 0 Å². The van der Waals surface area contributed by atoms with Crippen LogP contribution in [0.25, 0.3) is 0 Å². The molecule has 26 heavy (non-hydrogen) atoms. The van der Waals surface area contributed by atoms with Gasteiger partial charge in [0.15, 0.2) is 0 Å². The summed E-state index contributed by atoms with van der Waals surface area (Å²) in [4.78, 5) is 16.1. The van der Waals surface area contributed by atoms with Crippen LogP contribution in [0.4, 0.5) is 4.79 Å². The first kappa shape index (κ1) is 30.5. The van der Waals surface area contributed by atoms with Crippen LogP contribution in [-0.2, 0) is 9.47 Å². The lowest BCUT2D eigenvalue weighted by atomic mass is 10.1. The summed E-state index contributed by atoms with van der Waals surface area (Å²) in [6, 6.07) is 0. The number of halogens is 2. The van der Waals surface area contributed by atoms with Crippen LogP contribution in [-0.4, -0.2) is 67.4 Å². The first-order valence-corrected chi connectivity index (χ1v) is 9.16. The number of hydrogen-bond acceptors (Lipinski definition) is 5. The Hall–Kier alpha value is -0.230. The first-order valence-electron chi connectivity index (χ1n) is 9.16. The average Bonchev–Trinajstić information content (AvgIpc) is 2.44. The highest BCUT2D eigenvalue weighted by molar-refractivity contribution is 5.85. The topological polar surface area (TPSA) is 42.0 Å². The van der Waals surface area contributed by atoms with Gasteiger partial charge in [-0.25, -0.2) is 4.79 Å². The Morgan fingerprint density at radius 3 is 1.27 bits per heavy atom. The molecule has 0 aliphatic heterocycles. The van der Waals surface area contributed by atoms with Crippen molar-refractivity contribution in [3.63, 3.8) is 0 Å². The van der Waals surface area contributed by atoms with Gasteiger partial charge in [-0.15, -0.1) is 24.8 Å². The molecule has 0 fully saturated rings. The van der Waals surface area contributed by atoms with E-state index >= 15 is 0 Å². The van der Waals surface area contributed by atoms with Gasteiger partial charge in [-0.1, -0.05) is 0 Å². The molecule has 0 unspecified atom stereocenters. The Balaban J connectivity index is -0.00000264. The molecular weight excluding hydrogens is 375 g/mol. The van der Waals surface area contributed by atoms with Gasteiger partial charge in [0.2, 0.25) is 0 Å². The SMILES string of the molecule is CN(CCCCOC(=O)OCCCCN(C)C(C)(C)C)C(C)(C)C.Cl.Cl. The lowest BCUT2D eigenvalue weighted by Crippen LogP contribution is -2.38. The number of nitrogens with zero attached hydrogens (tertiary/aromatic N) is 2. The lowest BCUT2D eigenvalue weighted by Gasteiger charge is -2.31. The monoisotopic (exact) mass is 416 g/mol. The molecule has 0 amide bonds. The van der Waals surface area contributed by atoms with E-state index in [9.17, 15) is 4.79 Å². The zero-order valence-corrected chi connectivity index (χ0v) is 19.7. The van der Waals surface area contributed by atoms with Crippen LogP contribution >= 0.6 is 24.8 Å². The predicted octanol–water partition coefficient (Wildman–Crippen LogP) is 5.00. The van der Waals surface area contributed by atoms with Crippen molar-refractivity contribution in [1.29, 1.82) is 0 Å². The maximum atomic E-state index is 11.5. The van der Waals surface area contributed by atoms with Crippen LogP contribution in [0.1, 0.15) is 67.2 Å². The molecule has 0 N–H and O–H groups in total. The summed E-state index contributed by atoms with van der Waals surface area (Å²) < 4.78 is 10.2. The van der Waals surface area contributed by atoms with Crippen molar-refractivity contribution in [2.45, 2.75) is 78.3 Å². The second-order valence-corrected chi connectivity index (χ2v) is 8.55. The Morgan fingerprint density at radius 1 is 0.692 bits per heavy atom. The van der Waals surface area contributed by atoms with Crippen LogP contribution < -0.4 is 0 Å². The van der Waals surface area contributed by atoms with E-state index < -0.39 is 6.16 Å². The van der Waals surface area contributed by atoms with Gasteiger partial charge in [-0.2, -0.15) is 0 Å². The third kappa shape index (κ3) is 16.0. The molecule has 0 aromatic heterocycles. The Labute approximate surface area is 174 Å².